The Bertz CT molecular complexity index is 1170. The van der Waals surface area contributed by atoms with Crippen LogP contribution in [-0.4, -0.2) is 78.3 Å². The number of aromatic nitrogens is 2. The summed E-state index contributed by atoms with van der Waals surface area (Å²) in [5.41, 5.74) is 3.20. The number of likely N-dealkylation sites (N-methyl/N-ethyl adjacent to an activating group) is 1. The molecule has 3 aliphatic heterocycles. The highest BCUT2D eigenvalue weighted by Gasteiger charge is 2.39. The molecule has 9 heteroatoms. The van der Waals surface area contributed by atoms with Gasteiger partial charge in [-0.3, -0.25) is 4.79 Å². The lowest BCUT2D eigenvalue weighted by Crippen LogP contribution is -2.50. The molecule has 0 saturated carbocycles. The van der Waals surface area contributed by atoms with Gasteiger partial charge in [-0.1, -0.05) is 30.3 Å². The van der Waals surface area contributed by atoms with E-state index in [0.717, 1.165) is 37.2 Å². The van der Waals surface area contributed by atoms with E-state index in [0.29, 0.717) is 25.5 Å². The second-order valence-electron chi connectivity index (χ2n) is 10.5. The normalized spacial score (nSPS) is 28.5. The van der Waals surface area contributed by atoms with E-state index in [1.165, 1.54) is 5.56 Å². The van der Waals surface area contributed by atoms with E-state index in [-0.39, 0.29) is 41.2 Å². The van der Waals surface area contributed by atoms with Crippen LogP contribution in [0.3, 0.4) is 0 Å². The molecule has 1 amide bonds. The minimum absolute atomic E-state index is 0.0404. The van der Waals surface area contributed by atoms with E-state index in [4.69, 9.17) is 4.98 Å². The number of nitrogens with one attached hydrogen (secondary N) is 1. The Kier molecular flexibility index (Phi) is 6.81. The maximum atomic E-state index is 13.9. The number of fused-ring (bicyclic) bond motifs is 1. The average Bonchev–Trinajstić information content (AvgIpc) is 3.21. The molecule has 35 heavy (non-hydrogen) atoms. The van der Waals surface area contributed by atoms with Gasteiger partial charge in [0.25, 0.3) is 0 Å². The summed E-state index contributed by atoms with van der Waals surface area (Å²) in [5.74, 6) is 1.45. The fourth-order valence-corrected chi connectivity index (χ4v) is 7.67. The fraction of sp³-hybridized carbons (Fsp3) is 0.577. The van der Waals surface area contributed by atoms with Gasteiger partial charge in [0.1, 0.15) is 0 Å². The molecule has 5 rings (SSSR count). The van der Waals surface area contributed by atoms with Gasteiger partial charge in [0.15, 0.2) is 9.84 Å². The molecule has 2 fully saturated rings. The lowest BCUT2D eigenvalue weighted by molar-refractivity contribution is -0.141. The van der Waals surface area contributed by atoms with Crippen LogP contribution in [0.15, 0.2) is 36.5 Å². The van der Waals surface area contributed by atoms with Crippen molar-refractivity contribution in [3.05, 3.63) is 53.3 Å². The zero-order valence-corrected chi connectivity index (χ0v) is 21.4. The molecule has 0 bridgehead atoms. The first kappa shape index (κ1) is 24.2. The molecule has 1 aromatic carbocycles. The summed E-state index contributed by atoms with van der Waals surface area (Å²) in [6.45, 7) is 4.95. The van der Waals surface area contributed by atoms with Crippen molar-refractivity contribution >= 4 is 21.7 Å². The molecular formula is C26H35N5O3S. The molecule has 1 aromatic heterocycles. The van der Waals surface area contributed by atoms with Gasteiger partial charge in [-0.15, -0.1) is 0 Å². The number of hydrogen-bond donors (Lipinski definition) is 1. The van der Waals surface area contributed by atoms with Crippen LogP contribution in [0.5, 0.6) is 0 Å². The summed E-state index contributed by atoms with van der Waals surface area (Å²) in [5, 5.41) is 3.23. The summed E-state index contributed by atoms with van der Waals surface area (Å²) in [4.78, 5) is 27.4. The van der Waals surface area contributed by atoms with Crippen LogP contribution < -0.4 is 5.32 Å². The first-order valence-electron chi connectivity index (χ1n) is 12.6. The molecule has 2 aromatic rings. The number of amides is 1. The molecule has 188 valence electrons. The number of sulfone groups is 1. The highest BCUT2D eigenvalue weighted by molar-refractivity contribution is 7.91. The van der Waals surface area contributed by atoms with E-state index >= 15 is 0 Å². The molecule has 3 aliphatic rings. The lowest BCUT2D eigenvalue weighted by atomic mass is 9.79. The summed E-state index contributed by atoms with van der Waals surface area (Å²) in [6, 6.07) is 10.5. The van der Waals surface area contributed by atoms with Crippen LogP contribution >= 0.6 is 0 Å². The summed E-state index contributed by atoms with van der Waals surface area (Å²) in [7, 11) is -0.776. The topological polar surface area (TPSA) is 95.5 Å². The van der Waals surface area contributed by atoms with Crippen LogP contribution in [0.2, 0.25) is 0 Å². The van der Waals surface area contributed by atoms with Crippen LogP contribution in [0, 0.1) is 11.8 Å². The second kappa shape index (κ2) is 9.85. The number of benzene rings is 1. The molecule has 1 N–H and O–H groups in total. The fourth-order valence-electron chi connectivity index (χ4n) is 5.81. The largest absolute Gasteiger partial charge is 0.354 e. The predicted octanol–water partition coefficient (Wildman–Crippen LogP) is 2.33. The number of rotatable bonds is 5. The Morgan fingerprint density at radius 3 is 2.74 bits per heavy atom. The Labute approximate surface area is 208 Å². The SMILES string of the molecule is C[C@@H]1Cc2cnc(NCC3CCS(=O)(=O)C3)nc2CN1C(=O)[C@H]1CCN(C)C[C@@H]1c1ccccc1. The summed E-state index contributed by atoms with van der Waals surface area (Å²) >= 11 is 0. The number of carbonyl (C=O) groups excluding carboxylic acids is 1. The lowest BCUT2D eigenvalue weighted by Gasteiger charge is -2.42. The highest BCUT2D eigenvalue weighted by Crippen LogP contribution is 2.35. The van der Waals surface area contributed by atoms with E-state index < -0.39 is 9.84 Å². The molecular weight excluding hydrogens is 462 g/mol. The van der Waals surface area contributed by atoms with Crippen molar-refractivity contribution in [2.45, 2.75) is 44.7 Å². The number of hydrogen-bond acceptors (Lipinski definition) is 7. The minimum atomic E-state index is -2.90. The third-order valence-corrected chi connectivity index (χ3v) is 9.68. The van der Waals surface area contributed by atoms with Crippen LogP contribution in [0.25, 0.3) is 0 Å². The number of carbonyl (C=O) groups is 1. The van der Waals surface area contributed by atoms with Gasteiger partial charge in [0.2, 0.25) is 11.9 Å². The second-order valence-corrected chi connectivity index (χ2v) is 12.7. The Balaban J connectivity index is 1.30. The molecule has 8 nitrogen and oxygen atoms in total. The van der Waals surface area contributed by atoms with Crippen LogP contribution in [0.1, 0.15) is 42.5 Å². The molecule has 0 spiro atoms. The minimum Gasteiger partial charge on any atom is -0.354 e. The van der Waals surface area contributed by atoms with Gasteiger partial charge in [0.05, 0.1) is 23.7 Å². The zero-order valence-electron chi connectivity index (χ0n) is 20.6. The van der Waals surface area contributed by atoms with Crippen LogP contribution in [0.4, 0.5) is 5.95 Å². The maximum absolute atomic E-state index is 13.9. The van der Waals surface area contributed by atoms with Gasteiger partial charge in [-0.05, 0) is 56.8 Å². The van der Waals surface area contributed by atoms with Crippen molar-refractivity contribution < 1.29 is 13.2 Å². The van der Waals surface area contributed by atoms with Gasteiger partial charge < -0.3 is 15.1 Å². The van der Waals surface area contributed by atoms with Gasteiger partial charge >= 0.3 is 0 Å². The highest BCUT2D eigenvalue weighted by atomic mass is 32.2. The van der Waals surface area contributed by atoms with Crippen molar-refractivity contribution in [3.63, 3.8) is 0 Å². The molecule has 0 radical (unpaired) electrons. The van der Waals surface area contributed by atoms with E-state index in [2.05, 4.69) is 53.4 Å². The number of nitrogens with zero attached hydrogens (tertiary/aromatic N) is 4. The van der Waals surface area contributed by atoms with E-state index in [9.17, 15) is 13.2 Å². The Morgan fingerprint density at radius 2 is 2.00 bits per heavy atom. The average molecular weight is 498 g/mol. The smallest absolute Gasteiger partial charge is 0.227 e. The standard InChI is InChI=1S/C26H35N5O3S/c1-18-12-21-14-28-26(27-13-19-9-11-35(33,34)17-19)29-24(21)16-31(18)25(32)22-8-10-30(2)15-23(22)20-6-4-3-5-7-20/h3-7,14,18-19,22-23H,8-13,15-17H2,1-2H3,(H,27,28,29)/t18-,19?,22+,23-/m1/s1. The zero-order chi connectivity index (χ0) is 24.6. The third kappa shape index (κ3) is 5.35. The maximum Gasteiger partial charge on any atom is 0.227 e. The van der Waals surface area contributed by atoms with Crippen molar-refractivity contribution in [3.8, 4) is 0 Å². The molecule has 2 saturated heterocycles. The number of likely N-dealkylation sites (tertiary alicyclic amines) is 1. The Morgan fingerprint density at radius 1 is 1.20 bits per heavy atom. The van der Waals surface area contributed by atoms with Gasteiger partial charge in [-0.25, -0.2) is 18.4 Å². The van der Waals surface area contributed by atoms with Gasteiger partial charge in [-0.2, -0.15) is 0 Å². The van der Waals surface area contributed by atoms with Crippen molar-refractivity contribution in [2.24, 2.45) is 11.8 Å². The quantitative estimate of drug-likeness (QED) is 0.677. The first-order chi connectivity index (χ1) is 16.8. The summed E-state index contributed by atoms with van der Waals surface area (Å²) < 4.78 is 23.5. The molecule has 0 aliphatic carbocycles. The number of piperidine rings is 1. The van der Waals surface area contributed by atoms with E-state index in [1.54, 1.807) is 0 Å². The molecule has 4 atom stereocenters. The van der Waals surface area contributed by atoms with Crippen LogP contribution in [-0.2, 0) is 27.6 Å². The third-order valence-electron chi connectivity index (χ3n) is 7.84. The van der Waals surface area contributed by atoms with Gasteiger partial charge in [0, 0.05) is 37.2 Å². The Hall–Kier alpha value is -2.52. The van der Waals surface area contributed by atoms with E-state index in [1.807, 2.05) is 17.2 Å². The van der Waals surface area contributed by atoms with Crippen molar-refractivity contribution in [1.82, 2.24) is 19.8 Å². The first-order valence-corrected chi connectivity index (χ1v) is 14.4. The van der Waals surface area contributed by atoms with Crippen molar-refractivity contribution in [1.29, 1.82) is 0 Å². The predicted molar refractivity (Wildman–Crippen MR) is 136 cm³/mol. The summed E-state index contributed by atoms with van der Waals surface area (Å²) in [6.07, 6.45) is 4.13. The molecule has 1 unspecified atom stereocenters. The monoisotopic (exact) mass is 497 g/mol. The van der Waals surface area contributed by atoms with Crippen molar-refractivity contribution in [2.75, 3.05) is 43.5 Å². The number of anilines is 1. The molecule has 4 heterocycles.